The van der Waals surface area contributed by atoms with Crippen molar-refractivity contribution in [2.45, 2.75) is 76.0 Å². The third kappa shape index (κ3) is 3.81. The fraction of sp³-hybridized carbons (Fsp3) is 0.700. The number of aliphatic hydroxyl groups excluding tert-OH is 1. The molecule has 2 heterocycles. The molecule has 1 N–H and O–H groups in total. The van der Waals surface area contributed by atoms with Gasteiger partial charge in [-0.3, -0.25) is 4.79 Å². The van der Waals surface area contributed by atoms with E-state index in [4.69, 9.17) is 4.98 Å². The molecule has 1 aromatic rings. The van der Waals surface area contributed by atoms with Crippen LogP contribution < -0.4 is 4.90 Å². The molecule has 1 aliphatic heterocycles. The fourth-order valence-corrected chi connectivity index (χ4v) is 4.29. The van der Waals surface area contributed by atoms with E-state index in [1.165, 1.54) is 19.3 Å². The Hall–Kier alpha value is -1.62. The van der Waals surface area contributed by atoms with Crippen LogP contribution in [-0.2, 0) is 0 Å². The van der Waals surface area contributed by atoms with E-state index in [1.54, 1.807) is 0 Å². The third-order valence-corrected chi connectivity index (χ3v) is 5.87. The largest absolute Gasteiger partial charge is 0.393 e. The van der Waals surface area contributed by atoms with Gasteiger partial charge in [-0.25, -0.2) is 4.98 Å². The summed E-state index contributed by atoms with van der Waals surface area (Å²) in [7, 11) is 0. The van der Waals surface area contributed by atoms with Crippen LogP contribution >= 0.6 is 0 Å². The fourth-order valence-electron chi connectivity index (χ4n) is 4.29. The van der Waals surface area contributed by atoms with Gasteiger partial charge in [0.15, 0.2) is 0 Å². The zero-order chi connectivity index (χ0) is 17.2. The summed E-state index contributed by atoms with van der Waals surface area (Å²) in [6.07, 6.45) is 9.17. The highest BCUT2D eigenvalue weighted by Crippen LogP contribution is 2.35. The normalized spacial score (nSPS) is 27.2. The third-order valence-electron chi connectivity index (χ3n) is 5.87. The summed E-state index contributed by atoms with van der Waals surface area (Å²) < 4.78 is 0. The lowest BCUT2D eigenvalue weighted by Crippen LogP contribution is -2.44. The van der Waals surface area contributed by atoms with Crippen molar-refractivity contribution in [3.63, 3.8) is 0 Å². The molecule has 2 saturated carbocycles. The van der Waals surface area contributed by atoms with Crippen LogP contribution in [0.2, 0.25) is 0 Å². The molecule has 0 spiro atoms. The Morgan fingerprint density at radius 2 is 1.64 bits per heavy atom. The number of carbonyl (C=O) groups is 1. The molecule has 4 rings (SSSR count). The molecule has 0 atom stereocenters. The highest BCUT2D eigenvalue weighted by atomic mass is 16.3. The second kappa shape index (κ2) is 7.32. The minimum Gasteiger partial charge on any atom is -0.393 e. The van der Waals surface area contributed by atoms with Crippen molar-refractivity contribution in [2.24, 2.45) is 0 Å². The summed E-state index contributed by atoms with van der Waals surface area (Å²) in [5.74, 6) is 1.03. The van der Waals surface area contributed by atoms with Crippen LogP contribution in [0, 0.1) is 0 Å². The van der Waals surface area contributed by atoms with Gasteiger partial charge in [-0.15, -0.1) is 0 Å². The lowest BCUT2D eigenvalue weighted by Gasteiger charge is -2.36. The first-order valence-electron chi connectivity index (χ1n) is 9.95. The Morgan fingerprint density at radius 1 is 1.00 bits per heavy atom. The van der Waals surface area contributed by atoms with Gasteiger partial charge in [0.1, 0.15) is 11.5 Å². The molecule has 1 amide bonds. The maximum atomic E-state index is 13.2. The van der Waals surface area contributed by atoms with E-state index in [2.05, 4.69) is 9.80 Å². The number of rotatable bonds is 4. The number of pyridine rings is 1. The lowest BCUT2D eigenvalue weighted by atomic mass is 9.91. The van der Waals surface area contributed by atoms with Gasteiger partial charge in [-0.2, -0.15) is 0 Å². The highest BCUT2D eigenvalue weighted by molar-refractivity contribution is 5.93. The number of nitrogens with zero attached hydrogens (tertiary/aromatic N) is 3. The number of aromatic nitrogens is 1. The topological polar surface area (TPSA) is 56.7 Å². The zero-order valence-corrected chi connectivity index (χ0v) is 14.9. The van der Waals surface area contributed by atoms with Crippen LogP contribution in [0.1, 0.15) is 68.3 Å². The highest BCUT2D eigenvalue weighted by Gasteiger charge is 2.39. The first-order valence-corrected chi connectivity index (χ1v) is 9.95. The standard InChI is InChI=1S/C20H29N3O2/c24-17-11-9-16(10-12-17)23(15-7-8-15)20(25)18-5-4-6-19(21-18)22-13-2-1-3-14-22/h4-6,15-17,24H,1-3,7-14H2/t16-,17-. The molecule has 1 aromatic heterocycles. The van der Waals surface area contributed by atoms with Crippen molar-refractivity contribution in [1.82, 2.24) is 9.88 Å². The van der Waals surface area contributed by atoms with Crippen molar-refractivity contribution in [3.05, 3.63) is 23.9 Å². The molecular formula is C20H29N3O2. The SMILES string of the molecule is O=C(c1cccc(N2CCCCC2)n1)N(C1CC1)[C@H]1CC[C@H](O)CC1. The number of piperidine rings is 1. The van der Waals surface area contributed by atoms with Crippen molar-refractivity contribution in [1.29, 1.82) is 0 Å². The summed E-state index contributed by atoms with van der Waals surface area (Å²) in [4.78, 5) is 22.3. The van der Waals surface area contributed by atoms with Crippen LogP contribution in [0.5, 0.6) is 0 Å². The molecular weight excluding hydrogens is 314 g/mol. The second-order valence-electron chi connectivity index (χ2n) is 7.83. The first-order chi connectivity index (χ1) is 12.2. The summed E-state index contributed by atoms with van der Waals surface area (Å²) in [6.45, 7) is 2.08. The van der Waals surface area contributed by atoms with Crippen molar-refractivity contribution in [2.75, 3.05) is 18.0 Å². The van der Waals surface area contributed by atoms with Crippen LogP contribution in [0.3, 0.4) is 0 Å². The molecule has 5 nitrogen and oxygen atoms in total. The molecule has 5 heteroatoms. The van der Waals surface area contributed by atoms with Crippen LogP contribution in [-0.4, -0.2) is 52.2 Å². The van der Waals surface area contributed by atoms with E-state index in [-0.39, 0.29) is 18.1 Å². The van der Waals surface area contributed by atoms with Crippen molar-refractivity contribution < 1.29 is 9.90 Å². The van der Waals surface area contributed by atoms with Crippen molar-refractivity contribution >= 4 is 11.7 Å². The lowest BCUT2D eigenvalue weighted by molar-refractivity contribution is 0.0470. The van der Waals surface area contributed by atoms with E-state index in [0.717, 1.165) is 57.4 Å². The average Bonchev–Trinajstić information content (AvgIpc) is 3.49. The van der Waals surface area contributed by atoms with Gasteiger partial charge >= 0.3 is 0 Å². The Balaban J connectivity index is 1.52. The number of aliphatic hydroxyl groups is 1. The van der Waals surface area contributed by atoms with Crippen molar-refractivity contribution in [3.8, 4) is 0 Å². The Morgan fingerprint density at radius 3 is 2.28 bits per heavy atom. The smallest absolute Gasteiger partial charge is 0.273 e. The number of hydrogen-bond acceptors (Lipinski definition) is 4. The zero-order valence-electron chi connectivity index (χ0n) is 14.9. The van der Waals surface area contributed by atoms with Gasteiger partial charge in [0.25, 0.3) is 5.91 Å². The molecule has 136 valence electrons. The molecule has 0 radical (unpaired) electrons. The van der Waals surface area contributed by atoms with E-state index in [0.29, 0.717) is 11.7 Å². The quantitative estimate of drug-likeness (QED) is 0.913. The summed E-state index contributed by atoms with van der Waals surface area (Å²) in [5, 5.41) is 9.78. The maximum Gasteiger partial charge on any atom is 0.273 e. The number of anilines is 1. The number of carbonyl (C=O) groups excluding carboxylic acids is 1. The van der Waals surface area contributed by atoms with Gasteiger partial charge in [-0.05, 0) is 69.9 Å². The summed E-state index contributed by atoms with van der Waals surface area (Å²) >= 11 is 0. The molecule has 3 aliphatic rings. The molecule has 0 unspecified atom stereocenters. The van der Waals surface area contributed by atoms with Gasteiger partial charge in [-0.1, -0.05) is 6.07 Å². The number of hydrogen-bond donors (Lipinski definition) is 1. The van der Waals surface area contributed by atoms with Gasteiger partial charge < -0.3 is 14.9 Å². The maximum absolute atomic E-state index is 13.2. The number of amides is 1. The van der Waals surface area contributed by atoms with Crippen LogP contribution in [0.4, 0.5) is 5.82 Å². The summed E-state index contributed by atoms with van der Waals surface area (Å²) in [6, 6.07) is 6.51. The van der Waals surface area contributed by atoms with Crippen LogP contribution in [0.15, 0.2) is 18.2 Å². The Labute approximate surface area is 150 Å². The van der Waals surface area contributed by atoms with E-state index in [1.807, 2.05) is 18.2 Å². The summed E-state index contributed by atoms with van der Waals surface area (Å²) in [5.41, 5.74) is 0.584. The first kappa shape index (κ1) is 16.8. The molecule has 2 aliphatic carbocycles. The molecule has 25 heavy (non-hydrogen) atoms. The van der Waals surface area contributed by atoms with Crippen LogP contribution in [0.25, 0.3) is 0 Å². The monoisotopic (exact) mass is 343 g/mol. The van der Waals surface area contributed by atoms with Gasteiger partial charge in [0, 0.05) is 25.2 Å². The van der Waals surface area contributed by atoms with Gasteiger partial charge in [0.05, 0.1) is 6.10 Å². The predicted molar refractivity (Wildman–Crippen MR) is 97.8 cm³/mol. The van der Waals surface area contributed by atoms with E-state index >= 15 is 0 Å². The predicted octanol–water partition coefficient (Wildman–Crippen LogP) is 2.98. The molecule has 3 fully saturated rings. The van der Waals surface area contributed by atoms with Gasteiger partial charge in [0.2, 0.25) is 0 Å². The van der Waals surface area contributed by atoms with E-state index in [9.17, 15) is 9.90 Å². The average molecular weight is 343 g/mol. The minimum atomic E-state index is -0.187. The van der Waals surface area contributed by atoms with E-state index < -0.39 is 0 Å². The Kier molecular flexibility index (Phi) is 4.93. The molecule has 0 bridgehead atoms. The molecule has 1 saturated heterocycles. The second-order valence-corrected chi connectivity index (χ2v) is 7.83. The minimum absolute atomic E-state index is 0.0859. The molecule has 0 aromatic carbocycles. The Bertz CT molecular complexity index is 603.